The van der Waals surface area contributed by atoms with Crippen molar-refractivity contribution >= 4 is 5.97 Å². The van der Waals surface area contributed by atoms with Crippen LogP contribution < -0.4 is 5.32 Å². The topological polar surface area (TPSA) is 47.6 Å². The molecule has 12 heavy (non-hydrogen) atoms. The Morgan fingerprint density at radius 3 is 3.00 bits per heavy atom. The molecule has 1 heterocycles. The largest absolute Gasteiger partial charge is 0.468 e. The number of carbonyl (C=O) groups is 1. The van der Waals surface area contributed by atoms with E-state index in [9.17, 15) is 4.79 Å². The van der Waals surface area contributed by atoms with Gasteiger partial charge in [-0.05, 0) is 6.92 Å². The van der Waals surface area contributed by atoms with E-state index in [-0.39, 0.29) is 18.1 Å². The maximum atomic E-state index is 11.0. The van der Waals surface area contributed by atoms with E-state index in [0.717, 1.165) is 13.0 Å². The molecule has 1 rings (SSSR count). The Hall–Kier alpha value is -0.610. The van der Waals surface area contributed by atoms with E-state index in [2.05, 4.69) is 10.1 Å². The molecule has 0 saturated carbocycles. The molecule has 0 aromatic carbocycles. The van der Waals surface area contributed by atoms with Crippen LogP contribution in [-0.4, -0.2) is 38.4 Å². The Morgan fingerprint density at radius 2 is 2.42 bits per heavy atom. The lowest BCUT2D eigenvalue weighted by Gasteiger charge is -2.08. The monoisotopic (exact) mass is 173 g/mol. The molecule has 1 aliphatic rings. The van der Waals surface area contributed by atoms with E-state index in [4.69, 9.17) is 4.74 Å². The van der Waals surface area contributed by atoms with Gasteiger partial charge in [-0.25, -0.2) is 0 Å². The maximum Gasteiger partial charge on any atom is 0.322 e. The summed E-state index contributed by atoms with van der Waals surface area (Å²) in [7, 11) is 1.40. The molecule has 1 aliphatic heterocycles. The highest BCUT2D eigenvalue weighted by molar-refractivity contribution is 5.76. The van der Waals surface area contributed by atoms with Gasteiger partial charge >= 0.3 is 5.97 Å². The van der Waals surface area contributed by atoms with Crippen LogP contribution in [-0.2, 0) is 14.3 Å². The number of hydrogen-bond donors (Lipinski definition) is 1. The lowest BCUT2D eigenvalue weighted by molar-refractivity contribution is -0.142. The molecule has 0 radical (unpaired) electrons. The van der Waals surface area contributed by atoms with Crippen molar-refractivity contribution in [3.63, 3.8) is 0 Å². The quantitative estimate of drug-likeness (QED) is 0.607. The molecular weight excluding hydrogens is 158 g/mol. The highest BCUT2D eigenvalue weighted by Crippen LogP contribution is 2.10. The minimum Gasteiger partial charge on any atom is -0.468 e. The summed E-state index contributed by atoms with van der Waals surface area (Å²) in [6.07, 6.45) is 0.889. The van der Waals surface area contributed by atoms with E-state index in [1.165, 1.54) is 7.11 Å². The van der Waals surface area contributed by atoms with Gasteiger partial charge in [0.15, 0.2) is 0 Å². The van der Waals surface area contributed by atoms with Crippen molar-refractivity contribution in [2.75, 3.05) is 20.3 Å². The molecular formula is C8H15NO3. The van der Waals surface area contributed by atoms with Crippen LogP contribution >= 0.6 is 0 Å². The minimum absolute atomic E-state index is 0.166. The Morgan fingerprint density at radius 1 is 1.67 bits per heavy atom. The molecule has 1 saturated heterocycles. The van der Waals surface area contributed by atoms with Crippen LogP contribution in [0.4, 0.5) is 0 Å². The average molecular weight is 173 g/mol. The molecule has 2 atom stereocenters. The molecule has 0 bridgehead atoms. The van der Waals surface area contributed by atoms with Gasteiger partial charge in [0, 0.05) is 19.6 Å². The number of methoxy groups -OCH3 is 1. The number of hydrogen-bond acceptors (Lipinski definition) is 4. The first-order chi connectivity index (χ1) is 5.77. The van der Waals surface area contributed by atoms with Crippen LogP contribution in [0.2, 0.25) is 0 Å². The van der Waals surface area contributed by atoms with Crippen LogP contribution in [0.5, 0.6) is 0 Å². The zero-order valence-corrected chi connectivity index (χ0v) is 7.50. The van der Waals surface area contributed by atoms with Crippen molar-refractivity contribution in [3.05, 3.63) is 0 Å². The molecule has 2 unspecified atom stereocenters. The lowest BCUT2D eigenvalue weighted by atomic mass is 10.2. The summed E-state index contributed by atoms with van der Waals surface area (Å²) < 4.78 is 9.96. The third-order valence-electron chi connectivity index (χ3n) is 1.98. The standard InChI is InChI=1S/C8H15NO3/c1-3-12-6-4-7(9-5-6)8(10)11-2/h6-7,9H,3-5H2,1-2H3. The molecule has 0 spiro atoms. The minimum atomic E-state index is -0.197. The third-order valence-corrected chi connectivity index (χ3v) is 1.98. The summed E-state index contributed by atoms with van der Waals surface area (Å²) in [5.41, 5.74) is 0. The molecule has 4 heteroatoms. The number of carbonyl (C=O) groups excluding carboxylic acids is 1. The van der Waals surface area contributed by atoms with Crippen molar-refractivity contribution < 1.29 is 14.3 Å². The van der Waals surface area contributed by atoms with Crippen LogP contribution in [0.3, 0.4) is 0 Å². The molecule has 0 aromatic heterocycles. The highest BCUT2D eigenvalue weighted by Gasteiger charge is 2.30. The first kappa shape index (κ1) is 9.48. The predicted octanol–water partition coefficient (Wildman–Crippen LogP) is -0.0736. The van der Waals surface area contributed by atoms with Gasteiger partial charge in [-0.3, -0.25) is 4.79 Å². The van der Waals surface area contributed by atoms with Gasteiger partial charge in [0.05, 0.1) is 13.2 Å². The first-order valence-corrected chi connectivity index (χ1v) is 4.20. The van der Waals surface area contributed by atoms with E-state index in [0.29, 0.717) is 6.61 Å². The second-order valence-electron chi connectivity index (χ2n) is 2.80. The summed E-state index contributed by atoms with van der Waals surface area (Å²) in [5, 5.41) is 3.04. The number of nitrogens with one attached hydrogen (secondary N) is 1. The number of ether oxygens (including phenoxy) is 2. The molecule has 0 amide bonds. The van der Waals surface area contributed by atoms with Crippen molar-refractivity contribution in [3.8, 4) is 0 Å². The SMILES string of the molecule is CCOC1CNC(C(=O)OC)C1. The lowest BCUT2D eigenvalue weighted by Crippen LogP contribution is -2.31. The predicted molar refractivity (Wildman–Crippen MR) is 43.8 cm³/mol. The Balaban J connectivity index is 2.30. The van der Waals surface area contributed by atoms with Crippen molar-refractivity contribution in [1.29, 1.82) is 0 Å². The van der Waals surface area contributed by atoms with Gasteiger partial charge < -0.3 is 14.8 Å². The first-order valence-electron chi connectivity index (χ1n) is 4.20. The van der Waals surface area contributed by atoms with Crippen LogP contribution in [0, 0.1) is 0 Å². The fourth-order valence-corrected chi connectivity index (χ4v) is 1.39. The average Bonchev–Trinajstić information content (AvgIpc) is 2.52. The van der Waals surface area contributed by atoms with E-state index in [1.807, 2.05) is 6.92 Å². The number of esters is 1. The van der Waals surface area contributed by atoms with Gasteiger partial charge in [-0.1, -0.05) is 0 Å². The maximum absolute atomic E-state index is 11.0. The Kier molecular flexibility index (Phi) is 3.49. The van der Waals surface area contributed by atoms with Crippen molar-refractivity contribution in [2.45, 2.75) is 25.5 Å². The van der Waals surface area contributed by atoms with E-state index in [1.54, 1.807) is 0 Å². The number of rotatable bonds is 3. The van der Waals surface area contributed by atoms with Gasteiger partial charge in [-0.2, -0.15) is 0 Å². The van der Waals surface area contributed by atoms with E-state index < -0.39 is 0 Å². The molecule has 0 aliphatic carbocycles. The van der Waals surface area contributed by atoms with Crippen molar-refractivity contribution in [2.24, 2.45) is 0 Å². The molecule has 1 fully saturated rings. The third kappa shape index (κ3) is 2.19. The van der Waals surface area contributed by atoms with Gasteiger partial charge in [0.25, 0.3) is 0 Å². The summed E-state index contributed by atoms with van der Waals surface area (Å²) in [6.45, 7) is 3.39. The molecule has 1 N–H and O–H groups in total. The zero-order valence-electron chi connectivity index (χ0n) is 7.50. The fourth-order valence-electron chi connectivity index (χ4n) is 1.39. The summed E-state index contributed by atoms with van der Waals surface area (Å²) in [6, 6.07) is -0.174. The van der Waals surface area contributed by atoms with Gasteiger partial charge in [0.2, 0.25) is 0 Å². The summed E-state index contributed by atoms with van der Waals surface area (Å²) in [4.78, 5) is 11.0. The Bertz CT molecular complexity index is 160. The van der Waals surface area contributed by atoms with Crippen LogP contribution in [0.25, 0.3) is 0 Å². The van der Waals surface area contributed by atoms with Gasteiger partial charge in [0.1, 0.15) is 6.04 Å². The van der Waals surface area contributed by atoms with Crippen LogP contribution in [0.15, 0.2) is 0 Å². The smallest absolute Gasteiger partial charge is 0.322 e. The zero-order chi connectivity index (χ0) is 8.97. The molecule has 70 valence electrons. The van der Waals surface area contributed by atoms with Crippen LogP contribution in [0.1, 0.15) is 13.3 Å². The summed E-state index contributed by atoms with van der Waals surface area (Å²) >= 11 is 0. The normalized spacial score (nSPS) is 28.8. The van der Waals surface area contributed by atoms with Crippen molar-refractivity contribution in [1.82, 2.24) is 5.32 Å². The summed E-state index contributed by atoms with van der Waals surface area (Å²) in [5.74, 6) is -0.197. The molecule has 4 nitrogen and oxygen atoms in total. The fraction of sp³-hybridized carbons (Fsp3) is 0.875. The van der Waals surface area contributed by atoms with Gasteiger partial charge in [-0.15, -0.1) is 0 Å². The highest BCUT2D eigenvalue weighted by atomic mass is 16.5. The second kappa shape index (κ2) is 4.42. The second-order valence-corrected chi connectivity index (χ2v) is 2.80. The van der Waals surface area contributed by atoms with E-state index >= 15 is 0 Å². The Labute approximate surface area is 72.2 Å². The molecule has 0 aromatic rings.